The van der Waals surface area contributed by atoms with E-state index in [1.54, 1.807) is 41.5 Å². The lowest BCUT2D eigenvalue weighted by molar-refractivity contribution is -0.137. The number of hydrogen-bond donors (Lipinski definition) is 4. The Hall–Kier alpha value is -2.72. The van der Waals surface area contributed by atoms with E-state index in [1.807, 2.05) is 0 Å². The number of hydrogen-bond acceptors (Lipinski definition) is 8. The maximum absolute atomic E-state index is 13.4. The molecule has 4 N–H and O–H groups in total. The van der Waals surface area contributed by atoms with Gasteiger partial charge in [0, 0.05) is 24.6 Å². The largest absolute Gasteiger partial charge is 0.511 e. The van der Waals surface area contributed by atoms with Crippen LogP contribution < -0.4 is 20.7 Å². The summed E-state index contributed by atoms with van der Waals surface area (Å²) in [4.78, 5) is 50.7. The van der Waals surface area contributed by atoms with Gasteiger partial charge in [0.05, 0.1) is 18.3 Å². The first-order chi connectivity index (χ1) is 19.2. The van der Waals surface area contributed by atoms with E-state index in [2.05, 4.69) is 16.0 Å². The maximum atomic E-state index is 13.4. The molecule has 42 heavy (non-hydrogen) atoms. The van der Waals surface area contributed by atoms with Crippen LogP contribution >= 0.6 is 0 Å². The first-order valence-corrected chi connectivity index (χ1v) is 15.1. The molecule has 3 amide bonds. The number of sulfonamides is 1. The van der Waals surface area contributed by atoms with E-state index in [4.69, 9.17) is 9.47 Å². The van der Waals surface area contributed by atoms with Gasteiger partial charge in [0.25, 0.3) is 0 Å². The maximum Gasteiger partial charge on any atom is 0.511 e. The van der Waals surface area contributed by atoms with Crippen LogP contribution in [-0.4, -0.2) is 80.6 Å². The molecule has 0 bridgehead atoms. The van der Waals surface area contributed by atoms with Crippen LogP contribution in [0.2, 0.25) is 0 Å². The lowest BCUT2D eigenvalue weighted by atomic mass is 9.96. The molecule has 0 spiro atoms. The fourth-order valence-electron chi connectivity index (χ4n) is 4.22. The molecule has 1 saturated heterocycles. The summed E-state index contributed by atoms with van der Waals surface area (Å²) in [5.74, 6) is -3.52. The zero-order valence-corrected chi connectivity index (χ0v) is 25.8. The third-order valence-corrected chi connectivity index (χ3v) is 7.17. The molecular formula is C26H43F3N4O8S. The molecule has 1 unspecified atom stereocenters. The number of rotatable bonds is 15. The molecular weight excluding hydrogens is 585 g/mol. The van der Waals surface area contributed by atoms with E-state index < -0.39 is 69.1 Å². The number of nitrogens with one attached hydrogen (secondary N) is 4. The quantitative estimate of drug-likeness (QED) is 0.157. The van der Waals surface area contributed by atoms with Crippen LogP contribution in [0.4, 0.5) is 13.2 Å². The van der Waals surface area contributed by atoms with E-state index in [0.29, 0.717) is 13.0 Å². The average Bonchev–Trinajstić information content (AvgIpc) is 3.22. The van der Waals surface area contributed by atoms with Crippen LogP contribution in [0.15, 0.2) is 12.2 Å². The van der Waals surface area contributed by atoms with Gasteiger partial charge in [-0.15, -0.1) is 0 Å². The lowest BCUT2D eigenvalue weighted by Crippen LogP contribution is -2.60. The van der Waals surface area contributed by atoms with Gasteiger partial charge in [-0.25, -0.2) is 13.2 Å². The molecule has 0 radical (unpaired) electrons. The Morgan fingerprint density at radius 1 is 1.10 bits per heavy atom. The standard InChI is InChI=1S/C26H43F3N4O8S/c1-8-40-20(34)10-9-18(14-17-11-12-30-22(17)35)31-23(36)19(13-15(2)3)32-24(37)21(16(4)41-25(5,6)7)33-42(38,39)26(27,28)29/h9-10,15-19,21,33H,8,11-14H2,1-7H3,(H,30,35)(H,31,36)(H,32,37)/t16?,17-,18+,19-,21-/m0/s1. The number of ether oxygens (including phenoxy) is 2. The van der Waals surface area contributed by atoms with Crippen LogP contribution in [0.3, 0.4) is 0 Å². The molecule has 1 fully saturated rings. The highest BCUT2D eigenvalue weighted by Crippen LogP contribution is 2.24. The summed E-state index contributed by atoms with van der Waals surface area (Å²) in [6.07, 6.45) is 1.74. The lowest BCUT2D eigenvalue weighted by Gasteiger charge is -2.32. The van der Waals surface area contributed by atoms with Crippen molar-refractivity contribution in [2.24, 2.45) is 11.8 Å². The smallest absolute Gasteiger partial charge is 0.463 e. The number of esters is 1. The summed E-state index contributed by atoms with van der Waals surface area (Å²) in [5.41, 5.74) is -6.66. The minimum absolute atomic E-state index is 0.0308. The molecule has 5 atom stereocenters. The molecule has 0 saturated carbocycles. The van der Waals surface area contributed by atoms with E-state index >= 15 is 0 Å². The van der Waals surface area contributed by atoms with Crippen molar-refractivity contribution in [3.05, 3.63) is 12.2 Å². The van der Waals surface area contributed by atoms with Crippen LogP contribution in [0.25, 0.3) is 0 Å². The third-order valence-electron chi connectivity index (χ3n) is 6.00. The third kappa shape index (κ3) is 12.7. The molecule has 16 heteroatoms. The molecule has 12 nitrogen and oxygen atoms in total. The van der Waals surface area contributed by atoms with Gasteiger partial charge >= 0.3 is 21.5 Å². The zero-order valence-electron chi connectivity index (χ0n) is 25.0. The van der Waals surface area contributed by atoms with E-state index in [1.165, 1.54) is 17.7 Å². The predicted octanol–water partition coefficient (Wildman–Crippen LogP) is 1.66. The average molecular weight is 629 g/mol. The van der Waals surface area contributed by atoms with Gasteiger partial charge in [-0.05, 0) is 59.8 Å². The van der Waals surface area contributed by atoms with Gasteiger partial charge in [0.1, 0.15) is 12.1 Å². The van der Waals surface area contributed by atoms with Crippen molar-refractivity contribution in [2.75, 3.05) is 13.2 Å². The molecule has 1 heterocycles. The van der Waals surface area contributed by atoms with Crippen molar-refractivity contribution in [1.29, 1.82) is 0 Å². The summed E-state index contributed by atoms with van der Waals surface area (Å²) in [5, 5.41) is 7.72. The van der Waals surface area contributed by atoms with Gasteiger partial charge < -0.3 is 25.4 Å². The monoisotopic (exact) mass is 628 g/mol. The van der Waals surface area contributed by atoms with Gasteiger partial charge in [0.2, 0.25) is 17.7 Å². The first kappa shape index (κ1) is 37.3. The molecule has 242 valence electrons. The van der Waals surface area contributed by atoms with E-state index in [9.17, 15) is 40.8 Å². The van der Waals surface area contributed by atoms with Crippen molar-refractivity contribution in [2.45, 2.75) is 103 Å². The molecule has 0 aromatic carbocycles. The van der Waals surface area contributed by atoms with Crippen LogP contribution in [0.1, 0.15) is 67.7 Å². The topological polar surface area (TPSA) is 169 Å². The normalized spacial score (nSPS) is 19.2. The molecule has 1 aliphatic rings. The Kier molecular flexibility index (Phi) is 13.9. The predicted molar refractivity (Wildman–Crippen MR) is 147 cm³/mol. The van der Waals surface area contributed by atoms with Crippen molar-refractivity contribution in [1.82, 2.24) is 20.7 Å². The second-order valence-electron chi connectivity index (χ2n) is 11.4. The van der Waals surface area contributed by atoms with Crippen molar-refractivity contribution >= 4 is 33.7 Å². The highest BCUT2D eigenvalue weighted by molar-refractivity contribution is 7.90. The summed E-state index contributed by atoms with van der Waals surface area (Å²) >= 11 is 0. The van der Waals surface area contributed by atoms with Crippen molar-refractivity contribution in [3.8, 4) is 0 Å². The Balaban J connectivity index is 3.28. The Morgan fingerprint density at radius 3 is 2.19 bits per heavy atom. The van der Waals surface area contributed by atoms with E-state index in [0.717, 1.165) is 6.08 Å². The molecule has 1 rings (SSSR count). The molecule has 0 aromatic heterocycles. The summed E-state index contributed by atoms with van der Waals surface area (Å²) in [7, 11) is -5.96. The fourth-order valence-corrected chi connectivity index (χ4v) is 4.98. The Bertz CT molecular complexity index is 1090. The summed E-state index contributed by atoms with van der Waals surface area (Å²) in [6.45, 7) is 11.6. The van der Waals surface area contributed by atoms with Gasteiger partial charge in [-0.1, -0.05) is 19.9 Å². The second-order valence-corrected chi connectivity index (χ2v) is 13.1. The number of carbonyl (C=O) groups excluding carboxylic acids is 4. The number of halogens is 3. The summed E-state index contributed by atoms with van der Waals surface area (Å²) < 4.78 is 75.2. The van der Waals surface area contributed by atoms with Crippen molar-refractivity contribution in [3.63, 3.8) is 0 Å². The van der Waals surface area contributed by atoms with E-state index in [-0.39, 0.29) is 31.3 Å². The van der Waals surface area contributed by atoms with Gasteiger partial charge in [-0.3, -0.25) is 14.4 Å². The Morgan fingerprint density at radius 2 is 1.71 bits per heavy atom. The molecule has 1 aliphatic heterocycles. The first-order valence-electron chi connectivity index (χ1n) is 13.7. The SMILES string of the molecule is CCOC(=O)C=C[C@H](C[C@@H]1CCNC1=O)NC(=O)[C@H](CC(C)C)NC(=O)[C@@H](NS(=O)(=O)C(F)(F)F)C(C)OC(C)(C)C. The number of carbonyl (C=O) groups is 4. The minimum Gasteiger partial charge on any atom is -0.463 e. The Labute approximate surface area is 244 Å². The zero-order chi connectivity index (χ0) is 32.5. The highest BCUT2D eigenvalue weighted by atomic mass is 32.2. The van der Waals surface area contributed by atoms with Crippen LogP contribution in [-0.2, 0) is 38.7 Å². The molecule has 0 aromatic rings. The number of amides is 3. The molecule has 0 aliphatic carbocycles. The second kappa shape index (κ2) is 15.7. The van der Waals surface area contributed by atoms with Crippen LogP contribution in [0, 0.1) is 11.8 Å². The number of alkyl halides is 3. The van der Waals surface area contributed by atoms with Gasteiger partial charge in [-0.2, -0.15) is 17.9 Å². The fraction of sp³-hybridized carbons (Fsp3) is 0.769. The van der Waals surface area contributed by atoms with Crippen LogP contribution in [0.5, 0.6) is 0 Å². The van der Waals surface area contributed by atoms with Gasteiger partial charge in [0.15, 0.2) is 0 Å². The van der Waals surface area contributed by atoms with Crippen molar-refractivity contribution < 1.29 is 50.2 Å². The highest BCUT2D eigenvalue weighted by Gasteiger charge is 2.49. The minimum atomic E-state index is -5.96. The summed E-state index contributed by atoms with van der Waals surface area (Å²) in [6, 6.07) is -4.20.